The van der Waals surface area contributed by atoms with Gasteiger partial charge in [0.2, 0.25) is 0 Å². The molecule has 6 nitrogen and oxygen atoms in total. The number of benzene rings is 2. The first-order valence-electron chi connectivity index (χ1n) is 9.65. The van der Waals surface area contributed by atoms with Gasteiger partial charge in [0.05, 0.1) is 11.3 Å². The number of aromatic carboxylic acids is 1. The van der Waals surface area contributed by atoms with Crippen LogP contribution in [-0.2, 0) is 11.3 Å². The highest BCUT2D eigenvalue weighted by atomic mass is 16.5. The second-order valence-corrected chi connectivity index (χ2v) is 7.56. The quantitative estimate of drug-likeness (QED) is 0.849. The molecule has 6 heteroatoms. The zero-order chi connectivity index (χ0) is 19.7. The van der Waals surface area contributed by atoms with Crippen LogP contribution < -0.4 is 10.1 Å². The van der Waals surface area contributed by atoms with Gasteiger partial charge >= 0.3 is 5.97 Å². The summed E-state index contributed by atoms with van der Waals surface area (Å²) in [4.78, 5) is 25.4. The Balaban J connectivity index is 1.37. The van der Waals surface area contributed by atoms with Crippen LogP contribution in [-0.4, -0.2) is 41.1 Å². The number of likely N-dealkylation sites (tertiary alicyclic amines) is 1. The topological polar surface area (TPSA) is 78.9 Å². The van der Waals surface area contributed by atoms with Gasteiger partial charge in [-0.1, -0.05) is 18.2 Å². The molecule has 1 saturated heterocycles. The molecule has 2 N–H and O–H groups in total. The summed E-state index contributed by atoms with van der Waals surface area (Å²) >= 11 is 0. The molecule has 2 heterocycles. The van der Waals surface area contributed by atoms with Crippen LogP contribution in [0.1, 0.15) is 47.2 Å². The zero-order valence-corrected chi connectivity index (χ0v) is 15.9. The van der Waals surface area contributed by atoms with Gasteiger partial charge in [0.1, 0.15) is 5.75 Å². The molecule has 4 rings (SSSR count). The Hall–Kier alpha value is -2.86. The van der Waals surface area contributed by atoms with Crippen LogP contribution in [0.5, 0.6) is 5.75 Å². The Morgan fingerprint density at radius 2 is 2.00 bits per heavy atom. The fraction of sp³-hybridized carbons (Fsp3) is 0.364. The van der Waals surface area contributed by atoms with Crippen molar-refractivity contribution in [2.75, 3.05) is 18.4 Å². The molecule has 0 bridgehead atoms. The van der Waals surface area contributed by atoms with Gasteiger partial charge in [0.15, 0.2) is 6.10 Å². The third kappa shape index (κ3) is 3.87. The molecule has 146 valence electrons. The van der Waals surface area contributed by atoms with Gasteiger partial charge in [-0.15, -0.1) is 0 Å². The van der Waals surface area contributed by atoms with Gasteiger partial charge in [-0.05, 0) is 74.2 Å². The fourth-order valence-corrected chi connectivity index (χ4v) is 3.96. The number of ether oxygens (including phenoxy) is 1. The van der Waals surface area contributed by atoms with E-state index < -0.39 is 12.1 Å². The molecular weight excluding hydrogens is 356 g/mol. The summed E-state index contributed by atoms with van der Waals surface area (Å²) in [5, 5.41) is 12.1. The number of hydrogen-bond donors (Lipinski definition) is 2. The first kappa shape index (κ1) is 18.5. The number of carboxylic acid groups (broad SMARTS) is 1. The van der Waals surface area contributed by atoms with E-state index in [4.69, 9.17) is 4.74 Å². The molecule has 1 unspecified atom stereocenters. The van der Waals surface area contributed by atoms with Gasteiger partial charge in [-0.2, -0.15) is 0 Å². The molecular formula is C22H24N2O4. The van der Waals surface area contributed by atoms with Crippen LogP contribution in [0, 0.1) is 0 Å². The number of hydrogen-bond acceptors (Lipinski definition) is 4. The molecule has 0 aromatic heterocycles. The number of anilines is 1. The first-order chi connectivity index (χ1) is 13.5. The highest BCUT2D eigenvalue weighted by Gasteiger charge is 2.25. The molecule has 28 heavy (non-hydrogen) atoms. The lowest BCUT2D eigenvalue weighted by molar-refractivity contribution is -0.122. The average Bonchev–Trinajstić information content (AvgIpc) is 2.70. The van der Waals surface area contributed by atoms with Gasteiger partial charge < -0.3 is 15.2 Å². The van der Waals surface area contributed by atoms with E-state index in [1.165, 1.54) is 0 Å². The number of carbonyl (C=O) groups is 2. The summed E-state index contributed by atoms with van der Waals surface area (Å²) in [6.45, 7) is 4.47. The van der Waals surface area contributed by atoms with Crippen LogP contribution in [0.3, 0.4) is 0 Å². The normalized spacial score (nSPS) is 20.2. The number of carbonyl (C=O) groups excluding carboxylic acids is 1. The Labute approximate surface area is 164 Å². The summed E-state index contributed by atoms with van der Waals surface area (Å²) in [6.07, 6.45) is 1.55. The molecule has 1 amide bonds. The van der Waals surface area contributed by atoms with E-state index >= 15 is 0 Å². The maximum atomic E-state index is 11.8. The Morgan fingerprint density at radius 1 is 1.21 bits per heavy atom. The van der Waals surface area contributed by atoms with E-state index in [9.17, 15) is 14.7 Å². The lowest BCUT2D eigenvalue weighted by Crippen LogP contribution is -2.35. The van der Waals surface area contributed by atoms with Crippen molar-refractivity contribution in [1.29, 1.82) is 0 Å². The SMILES string of the molecule is CC1Oc2ccc(CN3CCC(c4cccc(C(=O)O)c4)CC3)cc2NC1=O. The molecule has 2 aliphatic heterocycles. The average molecular weight is 380 g/mol. The molecule has 0 aliphatic carbocycles. The van der Waals surface area contributed by atoms with E-state index in [1.807, 2.05) is 30.3 Å². The van der Waals surface area contributed by atoms with E-state index in [2.05, 4.69) is 10.2 Å². The van der Waals surface area contributed by atoms with Gasteiger partial charge in [0.25, 0.3) is 5.91 Å². The molecule has 2 aliphatic rings. The number of nitrogens with zero attached hydrogens (tertiary/aromatic N) is 1. The minimum atomic E-state index is -0.878. The lowest BCUT2D eigenvalue weighted by Gasteiger charge is -2.32. The maximum absolute atomic E-state index is 11.8. The van der Waals surface area contributed by atoms with Crippen LogP contribution in [0.15, 0.2) is 42.5 Å². The van der Waals surface area contributed by atoms with Crippen LogP contribution in [0.25, 0.3) is 0 Å². The predicted octanol–water partition coefficient (Wildman–Crippen LogP) is 3.48. The summed E-state index contributed by atoms with van der Waals surface area (Å²) in [6, 6.07) is 13.3. The number of piperidine rings is 1. The fourth-order valence-electron chi connectivity index (χ4n) is 3.96. The highest BCUT2D eigenvalue weighted by molar-refractivity contribution is 5.97. The number of carboxylic acids is 1. The number of amides is 1. The second kappa shape index (κ2) is 7.64. The Bertz CT molecular complexity index is 903. The van der Waals surface area contributed by atoms with Crippen LogP contribution >= 0.6 is 0 Å². The smallest absolute Gasteiger partial charge is 0.335 e. The Kier molecular flexibility index (Phi) is 5.05. The Morgan fingerprint density at radius 3 is 2.75 bits per heavy atom. The van der Waals surface area contributed by atoms with Crippen LogP contribution in [0.2, 0.25) is 0 Å². The largest absolute Gasteiger partial charge is 0.479 e. The van der Waals surface area contributed by atoms with Crippen molar-refractivity contribution < 1.29 is 19.4 Å². The van der Waals surface area contributed by atoms with Crippen molar-refractivity contribution >= 4 is 17.6 Å². The summed E-state index contributed by atoms with van der Waals surface area (Å²) < 4.78 is 5.61. The van der Waals surface area contributed by atoms with E-state index in [1.54, 1.807) is 19.1 Å². The molecule has 0 spiro atoms. The van der Waals surface area contributed by atoms with Crippen molar-refractivity contribution in [3.05, 3.63) is 59.2 Å². The first-order valence-corrected chi connectivity index (χ1v) is 9.65. The third-order valence-corrected chi connectivity index (χ3v) is 5.57. The maximum Gasteiger partial charge on any atom is 0.335 e. The lowest BCUT2D eigenvalue weighted by atomic mass is 9.88. The summed E-state index contributed by atoms with van der Waals surface area (Å²) in [7, 11) is 0. The van der Waals surface area contributed by atoms with Gasteiger partial charge in [-0.25, -0.2) is 4.79 Å². The highest BCUT2D eigenvalue weighted by Crippen LogP contribution is 2.32. The van der Waals surface area contributed by atoms with Gasteiger partial charge in [-0.3, -0.25) is 9.69 Å². The van der Waals surface area contributed by atoms with Crippen molar-refractivity contribution in [2.45, 2.75) is 38.3 Å². The minimum Gasteiger partial charge on any atom is -0.479 e. The number of rotatable bonds is 4. The van der Waals surface area contributed by atoms with Gasteiger partial charge in [0, 0.05) is 6.54 Å². The molecule has 2 aromatic carbocycles. The molecule has 0 saturated carbocycles. The van der Waals surface area contributed by atoms with E-state index in [0.717, 1.165) is 49.3 Å². The third-order valence-electron chi connectivity index (χ3n) is 5.57. The summed E-state index contributed by atoms with van der Waals surface area (Å²) in [5.41, 5.74) is 3.35. The second-order valence-electron chi connectivity index (χ2n) is 7.56. The van der Waals surface area contributed by atoms with Crippen molar-refractivity contribution in [3.63, 3.8) is 0 Å². The molecule has 1 atom stereocenters. The van der Waals surface area contributed by atoms with E-state index in [0.29, 0.717) is 17.2 Å². The summed E-state index contributed by atoms with van der Waals surface area (Å²) in [5.74, 6) is 0.118. The van der Waals surface area contributed by atoms with Crippen molar-refractivity contribution in [2.24, 2.45) is 0 Å². The van der Waals surface area contributed by atoms with Crippen LogP contribution in [0.4, 0.5) is 5.69 Å². The number of nitrogens with one attached hydrogen (secondary N) is 1. The monoisotopic (exact) mass is 380 g/mol. The molecule has 2 aromatic rings. The van der Waals surface area contributed by atoms with Crippen molar-refractivity contribution in [3.8, 4) is 5.75 Å². The minimum absolute atomic E-state index is 0.117. The molecule has 1 fully saturated rings. The zero-order valence-electron chi connectivity index (χ0n) is 15.9. The predicted molar refractivity (Wildman–Crippen MR) is 106 cm³/mol. The molecule has 0 radical (unpaired) electrons. The standard InChI is InChI=1S/C22H24N2O4/c1-14-21(25)23-19-11-15(5-6-20(19)28-14)13-24-9-7-16(8-10-24)17-3-2-4-18(12-17)22(26)27/h2-6,11-12,14,16H,7-10,13H2,1H3,(H,23,25)(H,26,27). The number of fused-ring (bicyclic) bond motifs is 1. The van der Waals surface area contributed by atoms with Crippen molar-refractivity contribution in [1.82, 2.24) is 4.90 Å². The van der Waals surface area contributed by atoms with E-state index in [-0.39, 0.29) is 5.91 Å².